The van der Waals surface area contributed by atoms with Crippen molar-refractivity contribution in [2.75, 3.05) is 18.4 Å². The summed E-state index contributed by atoms with van der Waals surface area (Å²) in [6, 6.07) is 2.19. The van der Waals surface area contributed by atoms with Gasteiger partial charge in [0.2, 0.25) is 5.88 Å². The number of likely N-dealkylation sites (tertiary alicyclic amines) is 1. The summed E-state index contributed by atoms with van der Waals surface area (Å²) >= 11 is 0. The Morgan fingerprint density at radius 3 is 2.83 bits per heavy atom. The number of pyridine rings is 1. The van der Waals surface area contributed by atoms with Crippen LogP contribution in [-0.2, 0) is 4.79 Å². The Morgan fingerprint density at radius 2 is 2.25 bits per heavy atom. The zero-order valence-electron chi connectivity index (χ0n) is 12.7. The van der Waals surface area contributed by atoms with E-state index in [2.05, 4.69) is 15.0 Å². The second-order valence-corrected chi connectivity index (χ2v) is 6.12. The van der Waals surface area contributed by atoms with Crippen LogP contribution in [0, 0.1) is 11.3 Å². The topological polar surface area (TPSA) is 91.8 Å². The molecule has 2 heterocycles. The summed E-state index contributed by atoms with van der Waals surface area (Å²) in [5.74, 6) is -1.13. The molecule has 1 aromatic heterocycles. The van der Waals surface area contributed by atoms with Crippen molar-refractivity contribution in [3.8, 4) is 5.88 Å². The summed E-state index contributed by atoms with van der Waals surface area (Å²) in [5, 5.41) is 12.1. The second-order valence-electron chi connectivity index (χ2n) is 6.12. The van der Waals surface area contributed by atoms with Crippen LogP contribution in [0.2, 0.25) is 0 Å². The number of ether oxygens (including phenoxy) is 1. The molecule has 0 radical (unpaired) electrons. The third-order valence-electron chi connectivity index (χ3n) is 4.78. The number of amides is 2. The third kappa shape index (κ3) is 2.98. The second kappa shape index (κ2) is 6.21. The SMILES string of the molecule is O=C(Nc1ccc(OC(F)F)nc1)N1C[C@@H]2CCC[C@@]2(C(=O)O)C1. The van der Waals surface area contributed by atoms with Crippen LogP contribution in [0.4, 0.5) is 19.3 Å². The van der Waals surface area contributed by atoms with E-state index >= 15 is 0 Å². The number of hydrogen-bond donors (Lipinski definition) is 2. The van der Waals surface area contributed by atoms with Gasteiger partial charge in [0.15, 0.2) is 0 Å². The molecule has 1 aliphatic heterocycles. The minimum Gasteiger partial charge on any atom is -0.481 e. The largest absolute Gasteiger partial charge is 0.481 e. The molecule has 130 valence electrons. The molecule has 2 aliphatic rings. The van der Waals surface area contributed by atoms with Crippen LogP contribution in [0.5, 0.6) is 5.88 Å². The molecule has 0 aromatic carbocycles. The molecule has 2 fully saturated rings. The monoisotopic (exact) mass is 341 g/mol. The predicted molar refractivity (Wildman–Crippen MR) is 78.9 cm³/mol. The number of alkyl halides is 2. The van der Waals surface area contributed by atoms with Crippen LogP contribution in [0.25, 0.3) is 0 Å². The number of nitrogens with zero attached hydrogens (tertiary/aromatic N) is 2. The number of urea groups is 1. The first-order valence-corrected chi connectivity index (χ1v) is 7.61. The Labute approximate surface area is 136 Å². The van der Waals surface area contributed by atoms with Crippen molar-refractivity contribution in [2.24, 2.45) is 11.3 Å². The number of rotatable bonds is 4. The molecular weight excluding hydrogens is 324 g/mol. The minimum atomic E-state index is -2.96. The van der Waals surface area contributed by atoms with Crippen LogP contribution >= 0.6 is 0 Å². The Bertz CT molecular complexity index is 640. The Balaban J connectivity index is 1.63. The number of fused-ring (bicyclic) bond motifs is 1. The van der Waals surface area contributed by atoms with Crippen molar-refractivity contribution in [3.63, 3.8) is 0 Å². The van der Waals surface area contributed by atoms with Gasteiger partial charge in [-0.1, -0.05) is 6.42 Å². The van der Waals surface area contributed by atoms with Gasteiger partial charge in [-0.05, 0) is 24.8 Å². The minimum absolute atomic E-state index is 0.0271. The van der Waals surface area contributed by atoms with E-state index in [1.54, 1.807) is 0 Å². The number of carboxylic acid groups (broad SMARTS) is 1. The Morgan fingerprint density at radius 1 is 1.46 bits per heavy atom. The highest BCUT2D eigenvalue weighted by atomic mass is 19.3. The fraction of sp³-hybridized carbons (Fsp3) is 0.533. The fourth-order valence-corrected chi connectivity index (χ4v) is 3.61. The molecule has 7 nitrogen and oxygen atoms in total. The van der Waals surface area contributed by atoms with Gasteiger partial charge in [-0.3, -0.25) is 4.79 Å². The van der Waals surface area contributed by atoms with Crippen molar-refractivity contribution in [1.29, 1.82) is 0 Å². The van der Waals surface area contributed by atoms with E-state index in [0.717, 1.165) is 12.8 Å². The van der Waals surface area contributed by atoms with E-state index in [0.29, 0.717) is 18.7 Å². The first kappa shape index (κ1) is 16.4. The van der Waals surface area contributed by atoms with Gasteiger partial charge in [0.25, 0.3) is 0 Å². The van der Waals surface area contributed by atoms with Gasteiger partial charge in [-0.15, -0.1) is 0 Å². The zero-order valence-corrected chi connectivity index (χ0v) is 12.7. The van der Waals surface area contributed by atoms with Gasteiger partial charge < -0.3 is 20.1 Å². The molecule has 3 rings (SSSR count). The van der Waals surface area contributed by atoms with Crippen molar-refractivity contribution in [2.45, 2.75) is 25.9 Å². The highest BCUT2D eigenvalue weighted by Gasteiger charge is 2.55. The summed E-state index contributed by atoms with van der Waals surface area (Å²) in [6.07, 6.45) is 3.46. The fourth-order valence-electron chi connectivity index (χ4n) is 3.61. The maximum absolute atomic E-state index is 12.3. The molecule has 0 spiro atoms. The molecule has 1 aromatic rings. The smallest absolute Gasteiger partial charge is 0.388 e. The first-order chi connectivity index (χ1) is 11.4. The number of aromatic nitrogens is 1. The lowest BCUT2D eigenvalue weighted by Gasteiger charge is -2.23. The number of hydrogen-bond acceptors (Lipinski definition) is 4. The van der Waals surface area contributed by atoms with E-state index in [1.807, 2.05) is 0 Å². The number of carbonyl (C=O) groups is 2. The Kier molecular flexibility index (Phi) is 4.25. The van der Waals surface area contributed by atoms with Crippen molar-refractivity contribution in [3.05, 3.63) is 18.3 Å². The number of carbonyl (C=O) groups excluding carboxylic acids is 1. The molecule has 1 aliphatic carbocycles. The quantitative estimate of drug-likeness (QED) is 0.877. The van der Waals surface area contributed by atoms with Gasteiger partial charge in [-0.2, -0.15) is 8.78 Å². The van der Waals surface area contributed by atoms with Crippen molar-refractivity contribution >= 4 is 17.7 Å². The lowest BCUT2D eigenvalue weighted by Crippen LogP contribution is -2.38. The summed E-state index contributed by atoms with van der Waals surface area (Å²) in [5.41, 5.74) is -0.520. The van der Waals surface area contributed by atoms with Gasteiger partial charge in [0, 0.05) is 19.2 Å². The number of carboxylic acids is 1. The maximum Gasteiger partial charge on any atom is 0.388 e. The highest BCUT2D eigenvalue weighted by molar-refractivity contribution is 5.90. The molecule has 1 saturated heterocycles. The maximum atomic E-state index is 12.3. The molecule has 1 saturated carbocycles. The Hall–Kier alpha value is -2.45. The van der Waals surface area contributed by atoms with E-state index in [-0.39, 0.29) is 18.3 Å². The normalized spacial score (nSPS) is 25.6. The van der Waals surface area contributed by atoms with Crippen molar-refractivity contribution in [1.82, 2.24) is 9.88 Å². The van der Waals surface area contributed by atoms with Crippen molar-refractivity contribution < 1.29 is 28.2 Å². The van der Waals surface area contributed by atoms with Crippen LogP contribution in [0.1, 0.15) is 19.3 Å². The van der Waals surface area contributed by atoms with Crippen LogP contribution in [0.3, 0.4) is 0 Å². The molecular formula is C15H17F2N3O4. The zero-order chi connectivity index (χ0) is 17.3. The molecule has 0 unspecified atom stereocenters. The van der Waals surface area contributed by atoms with E-state index in [4.69, 9.17) is 0 Å². The van der Waals surface area contributed by atoms with Crippen LogP contribution in [0.15, 0.2) is 18.3 Å². The number of aliphatic carboxylic acids is 1. The number of halogens is 2. The lowest BCUT2D eigenvalue weighted by atomic mass is 9.81. The number of nitrogens with one attached hydrogen (secondary N) is 1. The van der Waals surface area contributed by atoms with Gasteiger partial charge in [0.05, 0.1) is 17.3 Å². The summed E-state index contributed by atoms with van der Waals surface area (Å²) in [7, 11) is 0. The molecule has 2 atom stereocenters. The summed E-state index contributed by atoms with van der Waals surface area (Å²) in [6.45, 7) is -2.38. The molecule has 2 N–H and O–H groups in total. The van der Waals surface area contributed by atoms with E-state index < -0.39 is 24.0 Å². The third-order valence-corrected chi connectivity index (χ3v) is 4.78. The van der Waals surface area contributed by atoms with Gasteiger partial charge >= 0.3 is 18.6 Å². The average Bonchev–Trinajstić information content (AvgIpc) is 3.06. The standard InChI is InChI=1S/C15H17F2N3O4/c16-13(17)24-11-4-3-10(6-18-11)19-14(23)20-7-9-2-1-5-15(9,8-20)12(21)22/h3-4,6,9,13H,1-2,5,7-8H2,(H,19,23)(H,21,22)/t9-,15+/m0/s1. The molecule has 0 bridgehead atoms. The highest BCUT2D eigenvalue weighted by Crippen LogP contribution is 2.48. The van der Waals surface area contributed by atoms with Crippen LogP contribution in [-0.4, -0.2) is 46.7 Å². The average molecular weight is 341 g/mol. The van der Waals surface area contributed by atoms with Crippen LogP contribution < -0.4 is 10.1 Å². The first-order valence-electron chi connectivity index (χ1n) is 7.61. The summed E-state index contributed by atoms with van der Waals surface area (Å²) < 4.78 is 28.3. The van der Waals surface area contributed by atoms with E-state index in [1.165, 1.54) is 23.2 Å². The lowest BCUT2D eigenvalue weighted by molar-refractivity contribution is -0.149. The van der Waals surface area contributed by atoms with Gasteiger partial charge in [-0.25, -0.2) is 9.78 Å². The van der Waals surface area contributed by atoms with Gasteiger partial charge in [0.1, 0.15) is 0 Å². The molecule has 24 heavy (non-hydrogen) atoms. The molecule has 9 heteroatoms. The predicted octanol–water partition coefficient (Wildman–Crippen LogP) is 2.40. The number of anilines is 1. The van der Waals surface area contributed by atoms with E-state index in [9.17, 15) is 23.5 Å². The molecule has 2 amide bonds. The summed E-state index contributed by atoms with van der Waals surface area (Å²) in [4.78, 5) is 29.1.